The summed E-state index contributed by atoms with van der Waals surface area (Å²) in [5.74, 6) is -0.305. The molecular weight excluding hydrogens is 258 g/mol. The molecule has 0 aliphatic carbocycles. The molecule has 1 aromatic carbocycles. The largest absolute Gasteiger partial charge is 0.495 e. The fourth-order valence-corrected chi connectivity index (χ4v) is 2.34. The van der Waals surface area contributed by atoms with E-state index in [1.165, 1.54) is 6.07 Å². The lowest BCUT2D eigenvalue weighted by Crippen LogP contribution is -2.41. The molecule has 1 aliphatic rings. The third kappa shape index (κ3) is 1.94. The van der Waals surface area contributed by atoms with Crippen molar-refractivity contribution in [2.75, 3.05) is 0 Å². The number of hydrogen-bond acceptors (Lipinski definition) is 3. The summed E-state index contributed by atoms with van der Waals surface area (Å²) in [5.41, 5.74) is 0.394. The number of benzene rings is 1. The zero-order chi connectivity index (χ0) is 14.7. The Balaban J connectivity index is 2.04. The molecule has 3 rings (SSSR count). The van der Waals surface area contributed by atoms with Gasteiger partial charge < -0.3 is 9.31 Å². The van der Waals surface area contributed by atoms with Crippen molar-refractivity contribution >= 4 is 23.5 Å². The molecule has 1 fully saturated rings. The Morgan fingerprint density at radius 3 is 2.35 bits per heavy atom. The lowest BCUT2D eigenvalue weighted by molar-refractivity contribution is 0.00578. The summed E-state index contributed by atoms with van der Waals surface area (Å²) in [7, 11) is 1.20. The van der Waals surface area contributed by atoms with E-state index in [1.54, 1.807) is 17.9 Å². The van der Waals surface area contributed by atoms with E-state index >= 15 is 0 Å². The molecular formula is C14H18BFN2O2. The van der Waals surface area contributed by atoms with Crippen LogP contribution in [-0.2, 0) is 16.4 Å². The van der Waals surface area contributed by atoms with Gasteiger partial charge in [-0.3, -0.25) is 4.68 Å². The summed E-state index contributed by atoms with van der Waals surface area (Å²) in [6.07, 6.45) is 1.67. The van der Waals surface area contributed by atoms with Gasteiger partial charge in [0.2, 0.25) is 0 Å². The van der Waals surface area contributed by atoms with E-state index in [4.69, 9.17) is 9.31 Å². The number of nitrogens with zero attached hydrogens (tertiary/aromatic N) is 2. The van der Waals surface area contributed by atoms with Crippen molar-refractivity contribution in [3.63, 3.8) is 0 Å². The van der Waals surface area contributed by atoms with Crippen LogP contribution in [0.15, 0.2) is 18.3 Å². The predicted octanol–water partition coefficient (Wildman–Crippen LogP) is 2.01. The highest BCUT2D eigenvalue weighted by Crippen LogP contribution is 2.36. The third-order valence-electron chi connectivity index (χ3n) is 4.24. The van der Waals surface area contributed by atoms with Gasteiger partial charge in [-0.1, -0.05) is 0 Å². The Hall–Kier alpha value is -1.40. The molecule has 1 aromatic heterocycles. The van der Waals surface area contributed by atoms with E-state index in [9.17, 15) is 4.39 Å². The fraction of sp³-hybridized carbons (Fsp3) is 0.500. The van der Waals surface area contributed by atoms with E-state index in [0.717, 1.165) is 0 Å². The molecule has 2 aromatic rings. The molecule has 6 heteroatoms. The van der Waals surface area contributed by atoms with E-state index in [-0.39, 0.29) is 5.82 Å². The molecule has 0 unspecified atom stereocenters. The van der Waals surface area contributed by atoms with Crippen molar-refractivity contribution in [3.05, 3.63) is 24.1 Å². The first-order valence-electron chi connectivity index (χ1n) is 6.68. The Morgan fingerprint density at radius 2 is 1.75 bits per heavy atom. The van der Waals surface area contributed by atoms with Crippen LogP contribution >= 0.6 is 0 Å². The number of aromatic nitrogens is 2. The normalized spacial score (nSPS) is 20.8. The smallest absolute Gasteiger partial charge is 0.399 e. The summed E-state index contributed by atoms with van der Waals surface area (Å²) >= 11 is 0. The van der Waals surface area contributed by atoms with Crippen LogP contribution in [0.5, 0.6) is 0 Å². The number of hydrogen-bond donors (Lipinski definition) is 0. The van der Waals surface area contributed by atoms with Gasteiger partial charge in [-0.2, -0.15) is 5.10 Å². The summed E-state index contributed by atoms with van der Waals surface area (Å²) in [4.78, 5) is 0. The second kappa shape index (κ2) is 4.05. The monoisotopic (exact) mass is 276 g/mol. The molecule has 0 spiro atoms. The Morgan fingerprint density at radius 1 is 1.15 bits per heavy atom. The standard InChI is InChI=1S/C14H18BFN2O2/c1-13(2)14(3,4)20-15(19-13)9-6-11(16)10-8-18(5)17-12(10)7-9/h6-8H,1-5H3. The van der Waals surface area contributed by atoms with Crippen LogP contribution in [0.4, 0.5) is 4.39 Å². The Kier molecular flexibility index (Phi) is 2.75. The lowest BCUT2D eigenvalue weighted by atomic mass is 9.78. The first kappa shape index (κ1) is 13.6. The number of fused-ring (bicyclic) bond motifs is 1. The number of rotatable bonds is 1. The third-order valence-corrected chi connectivity index (χ3v) is 4.24. The van der Waals surface area contributed by atoms with Crippen LogP contribution in [0.25, 0.3) is 10.9 Å². The second-order valence-electron chi connectivity index (χ2n) is 6.33. The molecule has 0 bridgehead atoms. The maximum atomic E-state index is 14.1. The van der Waals surface area contributed by atoms with Gasteiger partial charge in [0.25, 0.3) is 0 Å². The molecule has 0 atom stereocenters. The minimum absolute atomic E-state index is 0.305. The van der Waals surface area contributed by atoms with Gasteiger partial charge in [-0.25, -0.2) is 4.39 Å². The zero-order valence-corrected chi connectivity index (χ0v) is 12.4. The highest BCUT2D eigenvalue weighted by atomic mass is 19.1. The summed E-state index contributed by atoms with van der Waals surface area (Å²) in [6.45, 7) is 7.90. The Labute approximate surface area is 118 Å². The molecule has 1 saturated heterocycles. The molecule has 2 heterocycles. The second-order valence-corrected chi connectivity index (χ2v) is 6.33. The lowest BCUT2D eigenvalue weighted by Gasteiger charge is -2.32. The van der Waals surface area contributed by atoms with E-state index < -0.39 is 18.3 Å². The van der Waals surface area contributed by atoms with Gasteiger partial charge in [0, 0.05) is 13.2 Å². The van der Waals surface area contributed by atoms with Crippen molar-refractivity contribution in [1.29, 1.82) is 0 Å². The molecule has 0 amide bonds. The highest BCUT2D eigenvalue weighted by molar-refractivity contribution is 6.62. The topological polar surface area (TPSA) is 36.3 Å². The van der Waals surface area contributed by atoms with Gasteiger partial charge in [-0.05, 0) is 45.3 Å². The van der Waals surface area contributed by atoms with E-state index in [1.807, 2.05) is 33.8 Å². The van der Waals surface area contributed by atoms with E-state index in [0.29, 0.717) is 16.4 Å². The molecule has 106 valence electrons. The summed E-state index contributed by atoms with van der Waals surface area (Å²) < 4.78 is 27.6. The maximum Gasteiger partial charge on any atom is 0.495 e. The predicted molar refractivity (Wildman–Crippen MR) is 76.4 cm³/mol. The molecule has 1 aliphatic heterocycles. The molecule has 20 heavy (non-hydrogen) atoms. The minimum atomic E-state index is -0.569. The first-order chi connectivity index (χ1) is 9.19. The summed E-state index contributed by atoms with van der Waals surface area (Å²) in [5, 5.41) is 4.75. The SMILES string of the molecule is Cn1cc2c(F)cc(B3OC(C)(C)C(C)(C)O3)cc2n1. The van der Waals surface area contributed by atoms with Crippen LogP contribution in [0.3, 0.4) is 0 Å². The highest BCUT2D eigenvalue weighted by Gasteiger charge is 2.51. The quantitative estimate of drug-likeness (QED) is 0.747. The first-order valence-corrected chi connectivity index (χ1v) is 6.68. The van der Waals surface area contributed by atoms with Gasteiger partial charge in [0.1, 0.15) is 5.82 Å². The zero-order valence-electron chi connectivity index (χ0n) is 12.4. The van der Waals surface area contributed by atoms with Crippen LogP contribution < -0.4 is 5.46 Å². The van der Waals surface area contributed by atoms with Crippen LogP contribution in [0.2, 0.25) is 0 Å². The molecule has 0 N–H and O–H groups in total. The number of halogens is 1. The van der Waals surface area contributed by atoms with Crippen molar-refractivity contribution < 1.29 is 13.7 Å². The Bertz CT molecular complexity index is 665. The van der Waals surface area contributed by atoms with E-state index in [2.05, 4.69) is 5.10 Å². The van der Waals surface area contributed by atoms with Crippen LogP contribution in [0, 0.1) is 5.82 Å². The van der Waals surface area contributed by atoms with Gasteiger partial charge in [0.15, 0.2) is 0 Å². The van der Waals surface area contributed by atoms with Gasteiger partial charge >= 0.3 is 7.12 Å². The average molecular weight is 276 g/mol. The molecule has 4 nitrogen and oxygen atoms in total. The fourth-order valence-electron chi connectivity index (χ4n) is 2.34. The van der Waals surface area contributed by atoms with Crippen molar-refractivity contribution in [2.45, 2.75) is 38.9 Å². The maximum absolute atomic E-state index is 14.1. The molecule has 0 saturated carbocycles. The molecule has 0 radical (unpaired) electrons. The van der Waals surface area contributed by atoms with Crippen LogP contribution in [0.1, 0.15) is 27.7 Å². The van der Waals surface area contributed by atoms with Gasteiger partial charge in [0.05, 0.1) is 22.1 Å². The minimum Gasteiger partial charge on any atom is -0.399 e. The summed E-state index contributed by atoms with van der Waals surface area (Å²) in [6, 6.07) is 3.28. The van der Waals surface area contributed by atoms with Crippen molar-refractivity contribution in [2.24, 2.45) is 7.05 Å². The van der Waals surface area contributed by atoms with Crippen molar-refractivity contribution in [1.82, 2.24) is 9.78 Å². The average Bonchev–Trinajstić information content (AvgIpc) is 2.77. The van der Waals surface area contributed by atoms with Gasteiger partial charge in [-0.15, -0.1) is 0 Å². The number of aryl methyl sites for hydroxylation is 1. The van der Waals surface area contributed by atoms with Crippen LogP contribution in [-0.4, -0.2) is 28.1 Å². The van der Waals surface area contributed by atoms with Crippen molar-refractivity contribution in [3.8, 4) is 0 Å².